The number of pyridine rings is 1. The van der Waals surface area contributed by atoms with Gasteiger partial charge in [-0.05, 0) is 68.7 Å². The minimum absolute atomic E-state index is 0.0823. The van der Waals surface area contributed by atoms with Crippen molar-refractivity contribution in [2.75, 3.05) is 19.7 Å². The Labute approximate surface area is 190 Å². The fourth-order valence-electron chi connectivity index (χ4n) is 4.77. The van der Waals surface area contributed by atoms with Gasteiger partial charge >= 0.3 is 0 Å². The van der Waals surface area contributed by atoms with Gasteiger partial charge < -0.3 is 15.0 Å². The Kier molecular flexibility index (Phi) is 6.89. The summed E-state index contributed by atoms with van der Waals surface area (Å²) in [6.07, 6.45) is 7.06. The molecule has 1 N–H and O–H groups in total. The maximum Gasteiger partial charge on any atom is 0.251 e. The largest absolute Gasteiger partial charge is 0.368 e. The molecule has 3 heterocycles. The van der Waals surface area contributed by atoms with Crippen LogP contribution in [0.15, 0.2) is 48.8 Å². The molecule has 2 amide bonds. The van der Waals surface area contributed by atoms with Gasteiger partial charge in [0.1, 0.15) is 6.10 Å². The molecule has 0 bridgehead atoms. The van der Waals surface area contributed by atoms with Crippen LogP contribution in [0, 0.1) is 5.41 Å². The second kappa shape index (κ2) is 9.82. The Bertz CT molecular complexity index is 913. The van der Waals surface area contributed by atoms with E-state index in [0.29, 0.717) is 39.0 Å². The third kappa shape index (κ3) is 5.01. The zero-order chi connectivity index (χ0) is 22.6. The second-order valence-electron chi connectivity index (χ2n) is 9.35. The number of benzene rings is 1. The number of carbonyl (C=O) groups is 2. The van der Waals surface area contributed by atoms with Crippen LogP contribution in [0.2, 0.25) is 0 Å². The molecule has 2 fully saturated rings. The van der Waals surface area contributed by atoms with E-state index < -0.39 is 5.41 Å². The topological polar surface area (TPSA) is 71.5 Å². The van der Waals surface area contributed by atoms with Gasteiger partial charge in [0.2, 0.25) is 5.91 Å². The quantitative estimate of drug-likeness (QED) is 0.753. The molecule has 0 unspecified atom stereocenters. The first-order valence-corrected chi connectivity index (χ1v) is 11.7. The predicted molar refractivity (Wildman–Crippen MR) is 124 cm³/mol. The van der Waals surface area contributed by atoms with E-state index in [-0.39, 0.29) is 24.0 Å². The van der Waals surface area contributed by atoms with Gasteiger partial charge in [-0.1, -0.05) is 30.3 Å². The van der Waals surface area contributed by atoms with E-state index in [0.717, 1.165) is 29.5 Å². The molecule has 2 aliphatic rings. The number of ether oxygens (including phenoxy) is 1. The van der Waals surface area contributed by atoms with E-state index in [4.69, 9.17) is 4.74 Å². The smallest absolute Gasteiger partial charge is 0.251 e. The lowest BCUT2D eigenvalue weighted by Gasteiger charge is -2.41. The lowest BCUT2D eigenvalue weighted by Crippen LogP contribution is -2.53. The minimum Gasteiger partial charge on any atom is -0.368 e. The average molecular weight is 436 g/mol. The van der Waals surface area contributed by atoms with Crippen LogP contribution in [-0.2, 0) is 20.7 Å². The summed E-state index contributed by atoms with van der Waals surface area (Å²) in [7, 11) is 0. The number of nitrogens with one attached hydrogen (secondary N) is 1. The Hall–Kier alpha value is -2.73. The molecular formula is C26H33N3O3. The zero-order valence-electron chi connectivity index (χ0n) is 19.0. The Morgan fingerprint density at radius 3 is 2.50 bits per heavy atom. The monoisotopic (exact) mass is 435 g/mol. The average Bonchev–Trinajstić information content (AvgIpc) is 3.35. The Morgan fingerprint density at radius 2 is 1.91 bits per heavy atom. The molecule has 4 rings (SSSR count). The van der Waals surface area contributed by atoms with Crippen LogP contribution in [0.1, 0.15) is 45.1 Å². The Morgan fingerprint density at radius 1 is 1.16 bits per heavy atom. The number of hydrogen-bond donors (Lipinski definition) is 1. The summed E-state index contributed by atoms with van der Waals surface area (Å²) >= 11 is 0. The van der Waals surface area contributed by atoms with Gasteiger partial charge in [-0.3, -0.25) is 14.6 Å². The highest BCUT2D eigenvalue weighted by Crippen LogP contribution is 2.37. The van der Waals surface area contributed by atoms with Crippen LogP contribution in [0.5, 0.6) is 0 Å². The maximum atomic E-state index is 13.3. The standard InChI is InChI=1S/C26H33N3O3/c1-19(2)28-25(31)26(11-14-29(15-12-26)24(30)23-6-4-16-32-23)17-20-7-9-21(10-8-20)22-5-3-13-27-18-22/h3,5,7-10,13,18-19,23H,4,6,11-12,14-17H2,1-2H3,(H,28,31)/t23-/m1/s1. The van der Waals surface area contributed by atoms with Crippen molar-refractivity contribution < 1.29 is 14.3 Å². The van der Waals surface area contributed by atoms with Crippen LogP contribution in [0.4, 0.5) is 0 Å². The van der Waals surface area contributed by atoms with Gasteiger partial charge in [0.05, 0.1) is 5.41 Å². The lowest BCUT2D eigenvalue weighted by molar-refractivity contribution is -0.147. The van der Waals surface area contributed by atoms with Crippen LogP contribution < -0.4 is 5.32 Å². The number of hydrogen-bond acceptors (Lipinski definition) is 4. The molecule has 2 aromatic rings. The first-order valence-electron chi connectivity index (χ1n) is 11.7. The molecule has 0 saturated carbocycles. The summed E-state index contributed by atoms with van der Waals surface area (Å²) in [6.45, 7) is 5.84. The van der Waals surface area contributed by atoms with E-state index >= 15 is 0 Å². The summed E-state index contributed by atoms with van der Waals surface area (Å²) in [6, 6.07) is 12.5. The van der Waals surface area contributed by atoms with Gasteiger partial charge in [0.25, 0.3) is 5.91 Å². The molecule has 0 spiro atoms. The molecule has 2 saturated heterocycles. The Balaban J connectivity index is 1.48. The van der Waals surface area contributed by atoms with E-state index in [1.165, 1.54) is 0 Å². The first kappa shape index (κ1) is 22.5. The van der Waals surface area contributed by atoms with Gasteiger partial charge in [-0.2, -0.15) is 0 Å². The van der Waals surface area contributed by atoms with Crippen molar-refractivity contribution in [1.29, 1.82) is 0 Å². The molecular weight excluding hydrogens is 402 g/mol. The van der Waals surface area contributed by atoms with E-state index in [1.54, 1.807) is 6.20 Å². The molecule has 1 aromatic carbocycles. The zero-order valence-corrected chi connectivity index (χ0v) is 19.0. The highest BCUT2D eigenvalue weighted by atomic mass is 16.5. The van der Waals surface area contributed by atoms with Crippen molar-refractivity contribution >= 4 is 11.8 Å². The fourth-order valence-corrected chi connectivity index (χ4v) is 4.77. The number of rotatable bonds is 6. The van der Waals surface area contributed by atoms with Crippen LogP contribution in [-0.4, -0.2) is 53.5 Å². The maximum absolute atomic E-state index is 13.3. The van der Waals surface area contributed by atoms with Crippen LogP contribution in [0.3, 0.4) is 0 Å². The molecule has 6 heteroatoms. The van der Waals surface area contributed by atoms with Crippen molar-refractivity contribution in [3.8, 4) is 11.1 Å². The SMILES string of the molecule is CC(C)NC(=O)C1(Cc2ccc(-c3cccnc3)cc2)CCN(C(=O)[C@H]2CCCO2)CC1. The summed E-state index contributed by atoms with van der Waals surface area (Å²) in [5.41, 5.74) is 2.81. The molecule has 1 atom stereocenters. The number of aromatic nitrogens is 1. The second-order valence-corrected chi connectivity index (χ2v) is 9.35. The summed E-state index contributed by atoms with van der Waals surface area (Å²) in [5.74, 6) is 0.175. The normalized spacial score (nSPS) is 20.3. The van der Waals surface area contributed by atoms with Gasteiger partial charge in [-0.25, -0.2) is 0 Å². The number of likely N-dealkylation sites (tertiary alicyclic amines) is 1. The molecule has 1 aromatic heterocycles. The van der Waals surface area contributed by atoms with Crippen molar-refractivity contribution in [3.63, 3.8) is 0 Å². The first-order chi connectivity index (χ1) is 15.5. The third-order valence-corrected chi connectivity index (χ3v) is 6.63. The van der Waals surface area contributed by atoms with Crippen molar-refractivity contribution in [2.45, 2.75) is 58.1 Å². The summed E-state index contributed by atoms with van der Waals surface area (Å²) in [4.78, 5) is 32.2. The van der Waals surface area contributed by atoms with Crippen molar-refractivity contribution in [2.24, 2.45) is 5.41 Å². The molecule has 32 heavy (non-hydrogen) atoms. The lowest BCUT2D eigenvalue weighted by atomic mass is 9.72. The number of nitrogens with zero attached hydrogens (tertiary/aromatic N) is 2. The number of piperidine rings is 1. The van der Waals surface area contributed by atoms with Gasteiger partial charge in [0, 0.05) is 38.1 Å². The highest BCUT2D eigenvalue weighted by molar-refractivity contribution is 5.85. The van der Waals surface area contributed by atoms with Crippen molar-refractivity contribution in [3.05, 3.63) is 54.4 Å². The molecule has 0 radical (unpaired) electrons. The van der Waals surface area contributed by atoms with Crippen LogP contribution >= 0.6 is 0 Å². The minimum atomic E-state index is -0.507. The van der Waals surface area contributed by atoms with Crippen LogP contribution in [0.25, 0.3) is 11.1 Å². The molecule has 2 aliphatic heterocycles. The van der Waals surface area contributed by atoms with Gasteiger partial charge in [0.15, 0.2) is 0 Å². The highest BCUT2D eigenvalue weighted by Gasteiger charge is 2.43. The van der Waals surface area contributed by atoms with Gasteiger partial charge in [-0.15, -0.1) is 0 Å². The predicted octanol–water partition coefficient (Wildman–Crippen LogP) is 3.60. The number of amides is 2. The summed E-state index contributed by atoms with van der Waals surface area (Å²) in [5, 5.41) is 3.13. The van der Waals surface area contributed by atoms with E-state index in [1.807, 2.05) is 37.1 Å². The third-order valence-electron chi connectivity index (χ3n) is 6.63. The molecule has 0 aliphatic carbocycles. The molecule has 6 nitrogen and oxygen atoms in total. The summed E-state index contributed by atoms with van der Waals surface area (Å²) < 4.78 is 5.59. The number of carbonyl (C=O) groups excluding carboxylic acids is 2. The van der Waals surface area contributed by atoms with Crippen molar-refractivity contribution in [1.82, 2.24) is 15.2 Å². The van der Waals surface area contributed by atoms with E-state index in [9.17, 15) is 9.59 Å². The molecule has 170 valence electrons. The fraction of sp³-hybridized carbons (Fsp3) is 0.500. The van der Waals surface area contributed by atoms with E-state index in [2.05, 4.69) is 34.6 Å².